The Bertz CT molecular complexity index is 787. The lowest BCUT2D eigenvalue weighted by Gasteiger charge is -2.17. The number of amides is 1. The number of rotatable bonds is 5. The number of nitrogens with zero attached hydrogens (tertiary/aromatic N) is 2. The lowest BCUT2D eigenvalue weighted by Crippen LogP contribution is -2.41. The molecule has 1 fully saturated rings. The minimum atomic E-state index is -4.91. The van der Waals surface area contributed by atoms with Crippen molar-refractivity contribution in [2.75, 3.05) is 25.4 Å². The number of nitrogens with one attached hydrogen (secondary N) is 1. The Labute approximate surface area is 146 Å². The van der Waals surface area contributed by atoms with Crippen LogP contribution in [-0.2, 0) is 10.0 Å². The van der Waals surface area contributed by atoms with Crippen LogP contribution in [0.4, 0.5) is 23.2 Å². The highest BCUT2D eigenvalue weighted by Gasteiger charge is 2.38. The lowest BCUT2D eigenvalue weighted by atomic mass is 10.2. The van der Waals surface area contributed by atoms with Crippen LogP contribution in [0.1, 0.15) is 16.9 Å². The van der Waals surface area contributed by atoms with E-state index in [1.807, 2.05) is 0 Å². The van der Waals surface area contributed by atoms with Crippen molar-refractivity contribution in [3.05, 3.63) is 18.0 Å². The summed E-state index contributed by atoms with van der Waals surface area (Å²) in [4.78, 5) is 15.0. The highest BCUT2D eigenvalue weighted by molar-refractivity contribution is 7.89. The maximum Gasteiger partial charge on any atom is 0.416 e. The van der Waals surface area contributed by atoms with E-state index in [-0.39, 0.29) is 30.1 Å². The number of aliphatic hydroxyl groups excluding tert-OH is 1. The van der Waals surface area contributed by atoms with Gasteiger partial charge < -0.3 is 16.2 Å². The van der Waals surface area contributed by atoms with Crippen molar-refractivity contribution < 1.29 is 35.9 Å². The fourth-order valence-corrected chi connectivity index (χ4v) is 3.70. The molecule has 0 aromatic carbocycles. The zero-order valence-electron chi connectivity index (χ0n) is 13.2. The quantitative estimate of drug-likeness (QED) is 0.600. The summed E-state index contributed by atoms with van der Waals surface area (Å²) in [5, 5.41) is 10.6. The number of hydrogen-bond donors (Lipinski definition) is 3. The Balaban J connectivity index is 2.13. The third kappa shape index (κ3) is 4.40. The number of aliphatic hydroxyl groups is 1. The van der Waals surface area contributed by atoms with E-state index in [2.05, 4.69) is 4.98 Å². The average Bonchev–Trinajstić information content (AvgIpc) is 2.98. The molecule has 1 aliphatic rings. The summed E-state index contributed by atoms with van der Waals surface area (Å²) < 4.78 is 75.4. The first-order valence-corrected chi connectivity index (χ1v) is 8.79. The topological polar surface area (TPSA) is 126 Å². The number of nitrogen functional groups attached to an aromatic ring is 1. The Morgan fingerprint density at radius 1 is 1.50 bits per heavy atom. The minimum Gasteiger partial charge on any atom is -0.397 e. The number of anilines is 1. The second-order valence-electron chi connectivity index (χ2n) is 5.63. The van der Waals surface area contributed by atoms with Gasteiger partial charge in [0.2, 0.25) is 10.0 Å². The molecule has 2 rings (SSSR count). The first kappa shape index (κ1) is 20.3. The zero-order chi connectivity index (χ0) is 19.7. The molecule has 2 heterocycles. The number of hydrogen-bond acceptors (Lipinski definition) is 6. The minimum absolute atomic E-state index is 0.0129. The lowest BCUT2D eigenvalue weighted by molar-refractivity contribution is -0.201. The van der Waals surface area contributed by atoms with Crippen LogP contribution in [-0.4, -0.2) is 66.8 Å². The summed E-state index contributed by atoms with van der Waals surface area (Å²) in [6, 6.07) is 0.920. The van der Waals surface area contributed by atoms with Gasteiger partial charge in [-0.05, 0) is 12.5 Å². The number of pyridine rings is 1. The van der Waals surface area contributed by atoms with Gasteiger partial charge in [0.15, 0.2) is 11.8 Å². The molecule has 0 aliphatic carbocycles. The van der Waals surface area contributed by atoms with Crippen LogP contribution in [0.2, 0.25) is 0 Å². The number of sulfonamides is 1. The molecule has 0 bridgehead atoms. The van der Waals surface area contributed by atoms with Crippen molar-refractivity contribution in [1.29, 1.82) is 0 Å². The van der Waals surface area contributed by atoms with Gasteiger partial charge in [-0.2, -0.15) is 17.5 Å². The standard InChI is InChI=1S/C13H16F4N4O4S/c14-7-1-2-21(6-7)26(24,25)8-3-9(18)11(19-4-8)12(23)20-5-10(22)13(15,16)17/h3-4,7,10,22H,1-2,5-6,18H2,(H,20,23)/t7-,10?/m0/s1. The van der Waals surface area contributed by atoms with Crippen LogP contribution in [0.5, 0.6) is 0 Å². The number of carbonyl (C=O) groups is 1. The van der Waals surface area contributed by atoms with Crippen LogP contribution >= 0.6 is 0 Å². The Morgan fingerprint density at radius 3 is 2.65 bits per heavy atom. The molecule has 1 amide bonds. The van der Waals surface area contributed by atoms with Gasteiger partial charge in [0.1, 0.15) is 11.1 Å². The van der Waals surface area contributed by atoms with Gasteiger partial charge in [-0.25, -0.2) is 17.8 Å². The van der Waals surface area contributed by atoms with Crippen LogP contribution in [0.3, 0.4) is 0 Å². The molecule has 1 aromatic heterocycles. The molecule has 0 spiro atoms. The molecule has 1 unspecified atom stereocenters. The van der Waals surface area contributed by atoms with Crippen molar-refractivity contribution >= 4 is 21.6 Å². The van der Waals surface area contributed by atoms with Crippen LogP contribution in [0.25, 0.3) is 0 Å². The molecule has 8 nitrogen and oxygen atoms in total. The van der Waals surface area contributed by atoms with Crippen LogP contribution in [0, 0.1) is 0 Å². The number of alkyl halides is 4. The van der Waals surface area contributed by atoms with Gasteiger partial charge in [0.05, 0.1) is 12.2 Å². The zero-order valence-corrected chi connectivity index (χ0v) is 14.0. The fraction of sp³-hybridized carbons (Fsp3) is 0.538. The van der Waals surface area contributed by atoms with Crippen molar-refractivity contribution in [3.63, 3.8) is 0 Å². The summed E-state index contributed by atoms with van der Waals surface area (Å²) in [6.45, 7) is -1.43. The molecular weight excluding hydrogens is 384 g/mol. The molecular formula is C13H16F4N4O4S. The first-order valence-electron chi connectivity index (χ1n) is 7.35. The molecule has 4 N–H and O–H groups in total. The molecule has 1 saturated heterocycles. The third-order valence-electron chi connectivity index (χ3n) is 3.67. The van der Waals surface area contributed by atoms with E-state index in [0.717, 1.165) is 16.6 Å². The predicted octanol–water partition coefficient (Wildman–Crippen LogP) is 0.0493. The molecule has 26 heavy (non-hydrogen) atoms. The van der Waals surface area contributed by atoms with E-state index in [1.54, 1.807) is 5.32 Å². The molecule has 0 radical (unpaired) electrons. The Morgan fingerprint density at radius 2 is 2.15 bits per heavy atom. The Kier molecular flexibility index (Phi) is 5.73. The highest BCUT2D eigenvalue weighted by atomic mass is 32.2. The third-order valence-corrected chi connectivity index (χ3v) is 5.50. The number of halogens is 4. The van der Waals surface area contributed by atoms with E-state index in [0.29, 0.717) is 0 Å². The van der Waals surface area contributed by atoms with Gasteiger partial charge in [-0.1, -0.05) is 0 Å². The van der Waals surface area contributed by atoms with Gasteiger partial charge in [-0.15, -0.1) is 0 Å². The normalized spacial score (nSPS) is 20.1. The predicted molar refractivity (Wildman–Crippen MR) is 81.3 cm³/mol. The maximum absolute atomic E-state index is 13.2. The monoisotopic (exact) mass is 400 g/mol. The van der Waals surface area contributed by atoms with E-state index >= 15 is 0 Å². The van der Waals surface area contributed by atoms with Gasteiger partial charge in [-0.3, -0.25) is 4.79 Å². The van der Waals surface area contributed by atoms with Crippen molar-refractivity contribution in [2.24, 2.45) is 0 Å². The van der Waals surface area contributed by atoms with E-state index in [9.17, 15) is 30.8 Å². The smallest absolute Gasteiger partial charge is 0.397 e. The summed E-state index contributed by atoms with van der Waals surface area (Å²) in [6.07, 6.45) is -8.08. The SMILES string of the molecule is Nc1cc(S(=O)(=O)N2CC[C@H](F)C2)cnc1C(=O)NCC(O)C(F)(F)F. The van der Waals surface area contributed by atoms with E-state index in [4.69, 9.17) is 10.8 Å². The van der Waals surface area contributed by atoms with Gasteiger partial charge in [0, 0.05) is 19.3 Å². The van der Waals surface area contributed by atoms with Gasteiger partial charge >= 0.3 is 6.18 Å². The van der Waals surface area contributed by atoms with Crippen LogP contribution in [0.15, 0.2) is 17.2 Å². The maximum atomic E-state index is 13.2. The molecule has 1 aliphatic heterocycles. The van der Waals surface area contributed by atoms with Crippen molar-refractivity contribution in [3.8, 4) is 0 Å². The fourth-order valence-electron chi connectivity index (χ4n) is 2.24. The largest absolute Gasteiger partial charge is 0.416 e. The summed E-state index contributed by atoms with van der Waals surface area (Å²) in [7, 11) is -4.05. The van der Waals surface area contributed by atoms with Crippen molar-refractivity contribution in [1.82, 2.24) is 14.6 Å². The second kappa shape index (κ2) is 7.32. The molecule has 1 aromatic rings. The van der Waals surface area contributed by atoms with E-state index < -0.39 is 46.6 Å². The first-order chi connectivity index (χ1) is 11.9. The summed E-state index contributed by atoms with van der Waals surface area (Å²) in [5.41, 5.74) is 4.69. The highest BCUT2D eigenvalue weighted by Crippen LogP contribution is 2.24. The molecule has 0 saturated carbocycles. The Hall–Kier alpha value is -1.99. The van der Waals surface area contributed by atoms with Crippen molar-refractivity contribution in [2.45, 2.75) is 29.8 Å². The second-order valence-corrected chi connectivity index (χ2v) is 7.56. The molecule has 13 heteroatoms. The summed E-state index contributed by atoms with van der Waals surface area (Å²) in [5.74, 6) is -1.11. The molecule has 146 valence electrons. The van der Waals surface area contributed by atoms with Gasteiger partial charge in [0.25, 0.3) is 5.91 Å². The number of nitrogens with two attached hydrogens (primary N) is 1. The number of carbonyl (C=O) groups excluding carboxylic acids is 1. The average molecular weight is 400 g/mol. The summed E-state index contributed by atoms with van der Waals surface area (Å²) >= 11 is 0. The number of aromatic nitrogens is 1. The van der Waals surface area contributed by atoms with E-state index in [1.165, 1.54) is 0 Å². The molecule has 2 atom stereocenters. The van der Waals surface area contributed by atoms with Crippen LogP contribution < -0.4 is 11.1 Å².